The molecule has 0 saturated carbocycles. The standard InChI is InChI=1S/C5H5.3C4H9O.FGeH2.Zr/c1-2-4-5-3-1;3*1-4(2)3-5;1-2;/h1-3H,4H2;3*4H,3H2,1-2H3;2H2;/q;3*-1;;+3. The first-order valence-electron chi connectivity index (χ1n) is 8.76. The summed E-state index contributed by atoms with van der Waals surface area (Å²) in [5, 5.41) is 0. The van der Waals surface area contributed by atoms with E-state index in [4.69, 9.17) is 8.44 Å². The van der Waals surface area contributed by atoms with Gasteiger partial charge in [0.15, 0.2) is 0 Å². The molecule has 0 atom stereocenters. The maximum absolute atomic E-state index is 14.8. The number of halogens is 1. The summed E-state index contributed by atoms with van der Waals surface area (Å²) >= 11 is -7.47. The fourth-order valence-electron chi connectivity index (χ4n) is 2.42. The van der Waals surface area contributed by atoms with Crippen LogP contribution in [0.5, 0.6) is 0 Å². The molecule has 0 aromatic rings. The predicted molar refractivity (Wildman–Crippen MR) is 93.9 cm³/mol. The van der Waals surface area contributed by atoms with Crippen LogP contribution in [-0.2, 0) is 26.0 Å². The Labute approximate surface area is 148 Å². The van der Waals surface area contributed by atoms with Gasteiger partial charge in [-0.25, -0.2) is 0 Å². The Hall–Kier alpha value is 0.716. The van der Waals surface area contributed by atoms with Crippen molar-refractivity contribution in [2.75, 3.05) is 19.8 Å². The van der Waals surface area contributed by atoms with Gasteiger partial charge in [0.05, 0.1) is 0 Å². The van der Waals surface area contributed by atoms with E-state index < -0.39 is 29.7 Å². The third kappa shape index (κ3) is 5.88. The zero-order valence-corrected chi connectivity index (χ0v) is 21.0. The van der Waals surface area contributed by atoms with Crippen LogP contribution in [-0.4, -0.2) is 31.9 Å². The Kier molecular flexibility index (Phi) is 8.91. The van der Waals surface area contributed by atoms with Gasteiger partial charge in [-0.05, 0) is 0 Å². The SMILES string of the molecule is CC(C)C[O][Zr]([O]CC(C)C)([O]CC(C)C)([GeH2][F])[C]1=CC=CC1. The Morgan fingerprint density at radius 1 is 0.957 bits per heavy atom. The summed E-state index contributed by atoms with van der Waals surface area (Å²) < 4.78 is 34.9. The molecule has 0 N–H and O–H groups in total. The zero-order chi connectivity index (χ0) is 17.5. The molecule has 1 aliphatic carbocycles. The number of allylic oxidation sites excluding steroid dienone is 4. The van der Waals surface area contributed by atoms with Crippen molar-refractivity contribution >= 4 is 12.1 Å². The quantitative estimate of drug-likeness (QED) is 0.424. The van der Waals surface area contributed by atoms with E-state index in [0.717, 1.165) is 3.28 Å². The molecule has 0 heterocycles. The van der Waals surface area contributed by atoms with E-state index in [1.54, 1.807) is 0 Å². The van der Waals surface area contributed by atoms with Gasteiger partial charge in [0, 0.05) is 0 Å². The summed E-state index contributed by atoms with van der Waals surface area (Å²) in [7, 11) is 0. The Morgan fingerprint density at radius 3 is 1.65 bits per heavy atom. The van der Waals surface area contributed by atoms with Crippen LogP contribution >= 0.6 is 0 Å². The molecule has 0 saturated heterocycles. The van der Waals surface area contributed by atoms with Gasteiger partial charge in [0.25, 0.3) is 0 Å². The van der Waals surface area contributed by atoms with E-state index in [1.165, 1.54) is 0 Å². The van der Waals surface area contributed by atoms with Crippen molar-refractivity contribution in [3.05, 3.63) is 21.5 Å². The van der Waals surface area contributed by atoms with Crippen molar-refractivity contribution in [2.24, 2.45) is 17.8 Å². The van der Waals surface area contributed by atoms with Crippen LogP contribution in [0.15, 0.2) is 21.5 Å². The van der Waals surface area contributed by atoms with Crippen molar-refractivity contribution in [3.8, 4) is 0 Å². The topological polar surface area (TPSA) is 27.7 Å². The summed E-state index contributed by atoms with van der Waals surface area (Å²) in [6.45, 7) is 14.0. The van der Waals surface area contributed by atoms with E-state index in [1.807, 2.05) is 12.2 Å². The second-order valence-electron chi connectivity index (χ2n) is 7.74. The van der Waals surface area contributed by atoms with E-state index in [9.17, 15) is 3.50 Å². The van der Waals surface area contributed by atoms with E-state index in [2.05, 4.69) is 47.6 Å². The van der Waals surface area contributed by atoms with Gasteiger partial charge < -0.3 is 0 Å². The van der Waals surface area contributed by atoms with Gasteiger partial charge >= 0.3 is 149 Å². The molecule has 0 spiro atoms. The molecular weight excluding hydrogens is 435 g/mol. The van der Waals surface area contributed by atoms with Gasteiger partial charge in [-0.2, -0.15) is 0 Å². The molecule has 1 aliphatic rings. The van der Waals surface area contributed by atoms with E-state index in [0.29, 0.717) is 44.0 Å². The average molecular weight is 469 g/mol. The van der Waals surface area contributed by atoms with Gasteiger partial charge in [0.1, 0.15) is 0 Å². The van der Waals surface area contributed by atoms with Crippen molar-refractivity contribution < 1.29 is 29.5 Å². The van der Waals surface area contributed by atoms with Crippen molar-refractivity contribution in [1.29, 1.82) is 0 Å². The normalized spacial score (nSPS) is 17.7. The predicted octanol–water partition coefficient (Wildman–Crippen LogP) is 4.25. The molecule has 1 rings (SSSR count). The Bertz CT molecular complexity index is 402. The maximum atomic E-state index is 14.8. The van der Waals surface area contributed by atoms with Crippen LogP contribution in [0.25, 0.3) is 0 Å². The van der Waals surface area contributed by atoms with Crippen LogP contribution in [0.1, 0.15) is 48.0 Å². The minimum atomic E-state index is -4.85. The Morgan fingerprint density at radius 2 is 1.39 bits per heavy atom. The first-order valence-corrected chi connectivity index (χ1v) is 24.6. The van der Waals surface area contributed by atoms with Crippen LogP contribution < -0.4 is 0 Å². The zero-order valence-electron chi connectivity index (χ0n) is 15.6. The van der Waals surface area contributed by atoms with Gasteiger partial charge in [0.2, 0.25) is 0 Å². The summed E-state index contributed by atoms with van der Waals surface area (Å²) in [6.07, 6.45) is 6.75. The van der Waals surface area contributed by atoms with Crippen molar-refractivity contribution in [1.82, 2.24) is 0 Å². The summed E-state index contributed by atoms with van der Waals surface area (Å²) in [4.78, 5) is 0. The molecule has 0 radical (unpaired) electrons. The fourth-order valence-corrected chi connectivity index (χ4v) is 25.3. The fraction of sp³-hybridized carbons (Fsp3) is 0.765. The number of hydrogen-bond acceptors (Lipinski definition) is 3. The second kappa shape index (κ2) is 9.42. The van der Waals surface area contributed by atoms with Crippen LogP contribution in [0, 0.1) is 17.8 Å². The first kappa shape index (κ1) is 21.8. The molecule has 23 heavy (non-hydrogen) atoms. The molecule has 135 valence electrons. The summed E-state index contributed by atoms with van der Waals surface area (Å²) in [6, 6.07) is 0. The van der Waals surface area contributed by atoms with Crippen molar-refractivity contribution in [2.45, 2.75) is 48.0 Å². The van der Waals surface area contributed by atoms with Crippen LogP contribution in [0.3, 0.4) is 0 Å². The van der Waals surface area contributed by atoms with Crippen LogP contribution in [0.4, 0.5) is 3.50 Å². The van der Waals surface area contributed by atoms with Crippen LogP contribution in [0.2, 0.25) is 0 Å². The molecule has 3 nitrogen and oxygen atoms in total. The van der Waals surface area contributed by atoms with Gasteiger partial charge in [-0.15, -0.1) is 0 Å². The first-order chi connectivity index (χ1) is 10.7. The molecule has 0 aliphatic heterocycles. The molecule has 0 aromatic heterocycles. The second-order valence-corrected chi connectivity index (χ2v) is 36.3. The van der Waals surface area contributed by atoms with Gasteiger partial charge in [-0.1, -0.05) is 0 Å². The summed E-state index contributed by atoms with van der Waals surface area (Å²) in [5.41, 5.74) is 0. The molecule has 0 amide bonds. The van der Waals surface area contributed by atoms with Crippen molar-refractivity contribution in [3.63, 3.8) is 0 Å². The molecule has 0 aromatic carbocycles. The third-order valence-electron chi connectivity index (χ3n) is 3.75. The molecule has 6 heteroatoms. The third-order valence-corrected chi connectivity index (χ3v) is 33.3. The van der Waals surface area contributed by atoms with E-state index in [-0.39, 0.29) is 0 Å². The van der Waals surface area contributed by atoms with E-state index >= 15 is 0 Å². The van der Waals surface area contributed by atoms with Gasteiger partial charge in [-0.3, -0.25) is 0 Å². The number of rotatable bonds is 11. The monoisotopic (exact) mass is 469 g/mol. The molecular formula is C17H34FGeO3Zr. The molecule has 0 fully saturated rings. The number of hydrogen-bond donors (Lipinski definition) is 0. The minimum absolute atomic E-state index is 0.331. The Balaban J connectivity index is 3.22. The molecule has 0 bridgehead atoms. The molecule has 0 unspecified atom stereocenters. The summed E-state index contributed by atoms with van der Waals surface area (Å²) in [5.74, 6) is 0.992. The average Bonchev–Trinajstić information content (AvgIpc) is 3.03.